The molecular weight excluding hydrogens is 277 g/mol. The fraction of sp³-hybridized carbons (Fsp3) is 0.462. The van der Waals surface area contributed by atoms with Crippen LogP contribution in [0.25, 0.3) is 0 Å². The number of hydrogen-bond acceptors (Lipinski definition) is 2. The zero-order chi connectivity index (χ0) is 14.7. The topological polar surface area (TPSA) is 35.8 Å². The summed E-state index contributed by atoms with van der Waals surface area (Å²) < 4.78 is 37.9. The Hall–Kier alpha value is -1.41. The molecule has 0 heterocycles. The van der Waals surface area contributed by atoms with E-state index in [1.165, 1.54) is 12.1 Å². The number of hydrogen-bond donors (Lipinski definition) is 1. The Morgan fingerprint density at radius 1 is 1.32 bits per heavy atom. The van der Waals surface area contributed by atoms with Gasteiger partial charge in [0.1, 0.15) is 0 Å². The molecule has 0 atom stereocenters. The predicted molar refractivity (Wildman–Crippen MR) is 69.0 cm³/mol. The van der Waals surface area contributed by atoms with Gasteiger partial charge in [0.25, 0.3) is 0 Å². The Labute approximate surface area is 115 Å². The number of rotatable bonds is 4. The lowest BCUT2D eigenvalue weighted by atomic mass is 9.91. The van der Waals surface area contributed by atoms with Crippen molar-refractivity contribution >= 4 is 17.3 Å². The van der Waals surface area contributed by atoms with Crippen LogP contribution in [0.2, 0.25) is 5.02 Å². The fourth-order valence-electron chi connectivity index (χ4n) is 1.43. The summed E-state index contributed by atoms with van der Waals surface area (Å²) >= 11 is 5.52. The summed E-state index contributed by atoms with van der Waals surface area (Å²) in [4.78, 5) is 0. The van der Waals surface area contributed by atoms with Crippen LogP contribution in [0.1, 0.15) is 25.8 Å². The Morgan fingerprint density at radius 3 is 2.47 bits per heavy atom. The maximum absolute atomic E-state index is 12.6. The second kappa shape index (κ2) is 5.70. The molecule has 1 N–H and O–H groups in total. The van der Waals surface area contributed by atoms with Gasteiger partial charge in [-0.25, -0.2) is 0 Å². The van der Waals surface area contributed by atoms with Gasteiger partial charge in [0, 0.05) is 12.2 Å². The van der Waals surface area contributed by atoms with Gasteiger partial charge in [0.05, 0.1) is 22.1 Å². The first kappa shape index (κ1) is 15.6. The van der Waals surface area contributed by atoms with E-state index in [4.69, 9.17) is 16.9 Å². The molecule has 1 aromatic rings. The summed E-state index contributed by atoms with van der Waals surface area (Å²) in [6.07, 6.45) is -3.94. The lowest BCUT2D eigenvalue weighted by Gasteiger charge is -2.16. The number of anilines is 1. The largest absolute Gasteiger partial charge is 0.417 e. The van der Waals surface area contributed by atoms with E-state index in [1.807, 2.05) is 0 Å². The number of nitrogens with one attached hydrogen (secondary N) is 1. The maximum Gasteiger partial charge on any atom is 0.417 e. The molecule has 0 aromatic heterocycles. The molecule has 0 bridgehead atoms. The van der Waals surface area contributed by atoms with Crippen LogP contribution in [0, 0.1) is 16.7 Å². The standard InChI is InChI=1S/C13H14ClF3N2/c1-12(2,8-18)5-6-19-9-3-4-11(14)10(7-9)13(15,16)17/h3-4,7,19H,5-6H2,1-2H3. The average Bonchev–Trinajstić information content (AvgIpc) is 2.30. The van der Waals surface area contributed by atoms with Crippen LogP contribution in [0.4, 0.5) is 18.9 Å². The number of halogens is 4. The minimum atomic E-state index is -4.47. The summed E-state index contributed by atoms with van der Waals surface area (Å²) in [5, 5.41) is 11.4. The first-order valence-electron chi connectivity index (χ1n) is 5.67. The molecule has 0 aliphatic carbocycles. The van der Waals surface area contributed by atoms with Crippen LogP contribution in [0.15, 0.2) is 18.2 Å². The zero-order valence-corrected chi connectivity index (χ0v) is 11.4. The molecule has 0 spiro atoms. The van der Waals surface area contributed by atoms with E-state index in [9.17, 15) is 13.2 Å². The Morgan fingerprint density at radius 2 is 1.95 bits per heavy atom. The van der Waals surface area contributed by atoms with E-state index in [0.29, 0.717) is 18.7 Å². The van der Waals surface area contributed by atoms with Gasteiger partial charge in [0.2, 0.25) is 0 Å². The third-order valence-corrected chi connectivity index (χ3v) is 2.98. The van der Waals surface area contributed by atoms with Crippen LogP contribution in [0.5, 0.6) is 0 Å². The molecule has 1 rings (SSSR count). The number of alkyl halides is 3. The summed E-state index contributed by atoms with van der Waals surface area (Å²) in [5.41, 5.74) is -1.03. The van der Waals surface area contributed by atoms with Gasteiger partial charge in [-0.2, -0.15) is 18.4 Å². The molecule has 0 amide bonds. The summed E-state index contributed by atoms with van der Waals surface area (Å²) in [5.74, 6) is 0. The average molecular weight is 291 g/mol. The van der Waals surface area contributed by atoms with Crippen LogP contribution in [0.3, 0.4) is 0 Å². The fourth-order valence-corrected chi connectivity index (χ4v) is 1.65. The number of benzene rings is 1. The highest BCUT2D eigenvalue weighted by atomic mass is 35.5. The van der Waals surface area contributed by atoms with Crippen LogP contribution >= 0.6 is 11.6 Å². The molecule has 104 valence electrons. The van der Waals surface area contributed by atoms with Crippen molar-refractivity contribution in [2.45, 2.75) is 26.4 Å². The van der Waals surface area contributed by atoms with Crippen molar-refractivity contribution in [1.29, 1.82) is 5.26 Å². The highest BCUT2D eigenvalue weighted by molar-refractivity contribution is 6.31. The van der Waals surface area contributed by atoms with Gasteiger partial charge >= 0.3 is 6.18 Å². The van der Waals surface area contributed by atoms with Gasteiger partial charge in [-0.1, -0.05) is 11.6 Å². The summed E-state index contributed by atoms with van der Waals surface area (Å²) in [7, 11) is 0. The van der Waals surface area contributed by atoms with Crippen molar-refractivity contribution in [3.63, 3.8) is 0 Å². The first-order chi connectivity index (χ1) is 8.65. The lowest BCUT2D eigenvalue weighted by molar-refractivity contribution is -0.137. The monoisotopic (exact) mass is 290 g/mol. The van der Waals surface area contributed by atoms with Crippen LogP contribution < -0.4 is 5.32 Å². The zero-order valence-electron chi connectivity index (χ0n) is 10.6. The molecule has 0 aliphatic rings. The van der Waals surface area contributed by atoms with Gasteiger partial charge in [-0.05, 0) is 38.5 Å². The molecular formula is C13H14ClF3N2. The van der Waals surface area contributed by atoms with Crippen LogP contribution in [-0.4, -0.2) is 6.54 Å². The van der Waals surface area contributed by atoms with Crippen molar-refractivity contribution in [3.8, 4) is 6.07 Å². The molecule has 0 unspecified atom stereocenters. The maximum atomic E-state index is 12.6. The van der Waals surface area contributed by atoms with E-state index in [2.05, 4.69) is 11.4 Å². The van der Waals surface area contributed by atoms with E-state index in [1.54, 1.807) is 13.8 Å². The van der Waals surface area contributed by atoms with E-state index in [0.717, 1.165) is 6.07 Å². The number of nitriles is 1. The van der Waals surface area contributed by atoms with Crippen LogP contribution in [-0.2, 0) is 6.18 Å². The molecule has 0 saturated heterocycles. The molecule has 0 aliphatic heterocycles. The highest BCUT2D eigenvalue weighted by Gasteiger charge is 2.33. The second-order valence-electron chi connectivity index (χ2n) is 4.86. The summed E-state index contributed by atoms with van der Waals surface area (Å²) in [6.45, 7) is 3.97. The Kier molecular flexibility index (Phi) is 4.70. The predicted octanol–water partition coefficient (Wildman–Crippen LogP) is 4.71. The summed E-state index contributed by atoms with van der Waals surface area (Å²) in [6, 6.07) is 5.80. The van der Waals surface area contributed by atoms with Crippen molar-refractivity contribution < 1.29 is 13.2 Å². The minimum Gasteiger partial charge on any atom is -0.385 e. The molecule has 0 radical (unpaired) electrons. The Balaban J connectivity index is 2.74. The molecule has 2 nitrogen and oxygen atoms in total. The second-order valence-corrected chi connectivity index (χ2v) is 5.27. The molecule has 1 aromatic carbocycles. The van der Waals surface area contributed by atoms with E-state index < -0.39 is 17.2 Å². The third kappa shape index (κ3) is 4.64. The smallest absolute Gasteiger partial charge is 0.385 e. The molecule has 0 fully saturated rings. The van der Waals surface area contributed by atoms with Gasteiger partial charge in [-0.15, -0.1) is 0 Å². The molecule has 19 heavy (non-hydrogen) atoms. The normalized spacial score (nSPS) is 12.1. The SMILES string of the molecule is CC(C)(C#N)CCNc1ccc(Cl)c(C(F)(F)F)c1. The van der Waals surface area contributed by atoms with E-state index >= 15 is 0 Å². The Bertz CT molecular complexity index is 490. The third-order valence-electron chi connectivity index (χ3n) is 2.65. The molecule has 0 saturated carbocycles. The van der Waals surface area contributed by atoms with Crippen molar-refractivity contribution in [1.82, 2.24) is 0 Å². The van der Waals surface area contributed by atoms with Gasteiger partial charge in [0.15, 0.2) is 0 Å². The van der Waals surface area contributed by atoms with Gasteiger partial charge in [-0.3, -0.25) is 0 Å². The van der Waals surface area contributed by atoms with E-state index in [-0.39, 0.29) is 5.02 Å². The van der Waals surface area contributed by atoms with Crippen molar-refractivity contribution in [2.24, 2.45) is 5.41 Å². The first-order valence-corrected chi connectivity index (χ1v) is 6.05. The quantitative estimate of drug-likeness (QED) is 0.871. The molecule has 6 heteroatoms. The highest BCUT2D eigenvalue weighted by Crippen LogP contribution is 2.36. The minimum absolute atomic E-state index is 0.324. The van der Waals surface area contributed by atoms with Crippen molar-refractivity contribution in [3.05, 3.63) is 28.8 Å². The number of nitrogens with zero attached hydrogens (tertiary/aromatic N) is 1. The lowest BCUT2D eigenvalue weighted by Crippen LogP contribution is -2.15. The van der Waals surface area contributed by atoms with Gasteiger partial charge < -0.3 is 5.32 Å². The van der Waals surface area contributed by atoms with Crippen molar-refractivity contribution in [2.75, 3.05) is 11.9 Å².